The van der Waals surface area contributed by atoms with Crippen LogP contribution in [0.25, 0.3) is 0 Å². The van der Waals surface area contributed by atoms with Crippen LogP contribution in [0.4, 0.5) is 0 Å². The van der Waals surface area contributed by atoms with Crippen molar-refractivity contribution < 1.29 is 9.84 Å². The summed E-state index contributed by atoms with van der Waals surface area (Å²) in [7, 11) is 1.67. The van der Waals surface area contributed by atoms with Crippen LogP contribution in [-0.4, -0.2) is 31.4 Å². The van der Waals surface area contributed by atoms with Crippen molar-refractivity contribution in [3.05, 3.63) is 29.8 Å². The summed E-state index contributed by atoms with van der Waals surface area (Å²) in [5.74, 6) is 0.894. The lowest BCUT2D eigenvalue weighted by atomic mass is 10.1. The molecule has 3 nitrogen and oxygen atoms in total. The monoisotopic (exact) mass is 223 g/mol. The lowest BCUT2D eigenvalue weighted by molar-refractivity contribution is 0.184. The second-order valence-corrected chi connectivity index (χ2v) is 3.99. The van der Waals surface area contributed by atoms with Gasteiger partial charge in [0.05, 0.1) is 13.2 Å². The van der Waals surface area contributed by atoms with E-state index in [2.05, 4.69) is 17.4 Å². The van der Waals surface area contributed by atoms with Gasteiger partial charge in [-0.3, -0.25) is 0 Å². The molecule has 0 saturated carbocycles. The van der Waals surface area contributed by atoms with E-state index in [1.54, 1.807) is 7.11 Å². The number of hydrogen-bond acceptors (Lipinski definition) is 3. The number of methoxy groups -OCH3 is 1. The first-order chi connectivity index (χ1) is 7.72. The van der Waals surface area contributed by atoms with E-state index in [0.717, 1.165) is 31.7 Å². The van der Waals surface area contributed by atoms with E-state index in [0.29, 0.717) is 0 Å². The molecule has 1 atom stereocenters. The molecular formula is C13H21NO2. The van der Waals surface area contributed by atoms with Crippen LogP contribution in [-0.2, 0) is 6.42 Å². The summed E-state index contributed by atoms with van der Waals surface area (Å²) in [5, 5.41) is 12.4. The van der Waals surface area contributed by atoms with Gasteiger partial charge >= 0.3 is 0 Å². The molecule has 1 aromatic carbocycles. The molecule has 90 valence electrons. The number of hydrogen-bond donors (Lipinski definition) is 2. The largest absolute Gasteiger partial charge is 0.497 e. The number of aliphatic hydroxyl groups is 1. The Kier molecular flexibility index (Phi) is 5.90. The molecule has 3 heteroatoms. The molecule has 0 heterocycles. The molecule has 0 fully saturated rings. The third-order valence-electron chi connectivity index (χ3n) is 2.49. The fourth-order valence-electron chi connectivity index (χ4n) is 1.46. The standard InChI is InChI=1S/C13H21NO2/c1-11(15)7-9-14-10-8-12-3-5-13(16-2)6-4-12/h3-6,11,14-15H,7-10H2,1-2H3. The van der Waals surface area contributed by atoms with E-state index in [9.17, 15) is 0 Å². The number of benzene rings is 1. The number of aliphatic hydroxyl groups excluding tert-OH is 1. The normalized spacial score (nSPS) is 12.4. The van der Waals surface area contributed by atoms with Crippen molar-refractivity contribution in [1.82, 2.24) is 5.32 Å². The summed E-state index contributed by atoms with van der Waals surface area (Å²) in [6, 6.07) is 8.11. The third kappa shape index (κ3) is 5.14. The van der Waals surface area contributed by atoms with Crippen molar-refractivity contribution in [2.75, 3.05) is 20.2 Å². The Morgan fingerprint density at radius 1 is 1.25 bits per heavy atom. The van der Waals surface area contributed by atoms with Gasteiger partial charge in [0.15, 0.2) is 0 Å². The smallest absolute Gasteiger partial charge is 0.118 e. The fraction of sp³-hybridized carbons (Fsp3) is 0.538. The number of rotatable bonds is 7. The second kappa shape index (κ2) is 7.25. The Bertz CT molecular complexity index is 282. The average Bonchev–Trinajstić information content (AvgIpc) is 2.29. The predicted octanol–water partition coefficient (Wildman–Crippen LogP) is 1.60. The molecule has 0 saturated heterocycles. The fourth-order valence-corrected chi connectivity index (χ4v) is 1.46. The summed E-state index contributed by atoms with van der Waals surface area (Å²) < 4.78 is 5.10. The first-order valence-electron chi connectivity index (χ1n) is 5.74. The van der Waals surface area contributed by atoms with Gasteiger partial charge in [-0.05, 0) is 50.6 Å². The van der Waals surface area contributed by atoms with E-state index >= 15 is 0 Å². The first kappa shape index (κ1) is 13.0. The quantitative estimate of drug-likeness (QED) is 0.690. The van der Waals surface area contributed by atoms with Gasteiger partial charge in [0.25, 0.3) is 0 Å². The van der Waals surface area contributed by atoms with Crippen molar-refractivity contribution in [3.8, 4) is 5.75 Å². The molecule has 0 aliphatic carbocycles. The van der Waals surface area contributed by atoms with E-state index in [4.69, 9.17) is 9.84 Å². The molecule has 0 spiro atoms. The zero-order chi connectivity index (χ0) is 11.8. The van der Waals surface area contributed by atoms with Crippen molar-refractivity contribution in [2.24, 2.45) is 0 Å². The molecule has 1 aromatic rings. The molecule has 0 radical (unpaired) electrons. The van der Waals surface area contributed by atoms with Crippen LogP contribution in [0.5, 0.6) is 5.75 Å². The van der Waals surface area contributed by atoms with E-state index < -0.39 is 0 Å². The number of ether oxygens (including phenoxy) is 1. The molecule has 0 bridgehead atoms. The van der Waals surface area contributed by atoms with Gasteiger partial charge in [0.2, 0.25) is 0 Å². The maximum absolute atomic E-state index is 9.07. The highest BCUT2D eigenvalue weighted by Crippen LogP contribution is 2.11. The van der Waals surface area contributed by atoms with Crippen LogP contribution < -0.4 is 10.1 Å². The molecule has 0 aliphatic heterocycles. The predicted molar refractivity (Wildman–Crippen MR) is 65.9 cm³/mol. The van der Waals surface area contributed by atoms with E-state index in [1.165, 1.54) is 5.56 Å². The number of nitrogens with one attached hydrogen (secondary N) is 1. The first-order valence-corrected chi connectivity index (χ1v) is 5.74. The molecule has 2 N–H and O–H groups in total. The minimum absolute atomic E-state index is 0.214. The molecule has 16 heavy (non-hydrogen) atoms. The zero-order valence-corrected chi connectivity index (χ0v) is 10.1. The van der Waals surface area contributed by atoms with Crippen LogP contribution in [0.3, 0.4) is 0 Å². The Morgan fingerprint density at radius 2 is 1.94 bits per heavy atom. The van der Waals surface area contributed by atoms with Crippen LogP contribution in [0, 0.1) is 0 Å². The van der Waals surface area contributed by atoms with Gasteiger partial charge in [-0.25, -0.2) is 0 Å². The van der Waals surface area contributed by atoms with Crippen LogP contribution in [0.15, 0.2) is 24.3 Å². The van der Waals surface area contributed by atoms with E-state index in [-0.39, 0.29) is 6.10 Å². The Morgan fingerprint density at radius 3 is 2.50 bits per heavy atom. The Balaban J connectivity index is 2.16. The minimum Gasteiger partial charge on any atom is -0.497 e. The second-order valence-electron chi connectivity index (χ2n) is 3.99. The Labute approximate surface area is 97.4 Å². The van der Waals surface area contributed by atoms with Gasteiger partial charge in [-0.15, -0.1) is 0 Å². The highest BCUT2D eigenvalue weighted by molar-refractivity contribution is 5.27. The third-order valence-corrected chi connectivity index (χ3v) is 2.49. The van der Waals surface area contributed by atoms with Crippen molar-refractivity contribution in [3.63, 3.8) is 0 Å². The van der Waals surface area contributed by atoms with Crippen molar-refractivity contribution in [1.29, 1.82) is 0 Å². The van der Waals surface area contributed by atoms with Crippen molar-refractivity contribution >= 4 is 0 Å². The van der Waals surface area contributed by atoms with Gasteiger partial charge in [0, 0.05) is 0 Å². The zero-order valence-electron chi connectivity index (χ0n) is 10.1. The summed E-state index contributed by atoms with van der Waals surface area (Å²) >= 11 is 0. The van der Waals surface area contributed by atoms with Gasteiger partial charge in [-0.1, -0.05) is 12.1 Å². The maximum atomic E-state index is 9.07. The van der Waals surface area contributed by atoms with Crippen LogP contribution in [0.2, 0.25) is 0 Å². The van der Waals surface area contributed by atoms with Crippen molar-refractivity contribution in [2.45, 2.75) is 25.9 Å². The molecule has 0 aliphatic rings. The lowest BCUT2D eigenvalue weighted by Crippen LogP contribution is -2.21. The summed E-state index contributed by atoms with van der Waals surface area (Å²) in [4.78, 5) is 0. The molecular weight excluding hydrogens is 202 g/mol. The highest BCUT2D eigenvalue weighted by Gasteiger charge is 1.96. The molecule has 0 amide bonds. The molecule has 1 unspecified atom stereocenters. The Hall–Kier alpha value is -1.06. The summed E-state index contributed by atoms with van der Waals surface area (Å²) in [5.41, 5.74) is 1.30. The topological polar surface area (TPSA) is 41.5 Å². The SMILES string of the molecule is COc1ccc(CCNCCC(C)O)cc1. The summed E-state index contributed by atoms with van der Waals surface area (Å²) in [6.07, 6.45) is 1.60. The van der Waals surface area contributed by atoms with Crippen LogP contribution in [0.1, 0.15) is 18.9 Å². The van der Waals surface area contributed by atoms with Gasteiger partial charge in [0.1, 0.15) is 5.75 Å². The molecule has 0 aromatic heterocycles. The van der Waals surface area contributed by atoms with E-state index in [1.807, 2.05) is 19.1 Å². The molecule has 1 rings (SSSR count). The van der Waals surface area contributed by atoms with Gasteiger partial charge < -0.3 is 15.2 Å². The highest BCUT2D eigenvalue weighted by atomic mass is 16.5. The maximum Gasteiger partial charge on any atom is 0.118 e. The average molecular weight is 223 g/mol. The summed E-state index contributed by atoms with van der Waals surface area (Å²) in [6.45, 7) is 3.62. The van der Waals surface area contributed by atoms with Gasteiger partial charge in [-0.2, -0.15) is 0 Å². The van der Waals surface area contributed by atoms with Crippen LogP contribution >= 0.6 is 0 Å². The minimum atomic E-state index is -0.214. The lowest BCUT2D eigenvalue weighted by Gasteiger charge is -2.07.